The van der Waals surface area contributed by atoms with Gasteiger partial charge in [0.25, 0.3) is 0 Å². The molecule has 1 aliphatic heterocycles. The lowest BCUT2D eigenvalue weighted by molar-refractivity contribution is -0.133. The third-order valence-electron chi connectivity index (χ3n) is 4.84. The molecule has 1 amide bonds. The number of carbonyl (C=O) groups excluding carboxylic acids is 1. The zero-order valence-corrected chi connectivity index (χ0v) is 15.9. The Bertz CT molecular complexity index is 759. The van der Waals surface area contributed by atoms with Crippen LogP contribution in [-0.4, -0.2) is 33.9 Å². The molecule has 1 saturated heterocycles. The van der Waals surface area contributed by atoms with Crippen molar-refractivity contribution in [3.63, 3.8) is 0 Å². The maximum atomic E-state index is 12.4. The minimum Gasteiger partial charge on any atom is -0.342 e. The van der Waals surface area contributed by atoms with Crippen molar-refractivity contribution in [2.45, 2.75) is 46.0 Å². The van der Waals surface area contributed by atoms with E-state index in [0.29, 0.717) is 18.3 Å². The molecule has 1 atom stereocenters. The van der Waals surface area contributed by atoms with Crippen LogP contribution < -0.4 is 5.32 Å². The van der Waals surface area contributed by atoms with Gasteiger partial charge in [0.15, 0.2) is 0 Å². The van der Waals surface area contributed by atoms with Gasteiger partial charge in [-0.25, -0.2) is 9.97 Å². The zero-order valence-electron chi connectivity index (χ0n) is 15.9. The SMILES string of the molecule is Cc1ccccc1Nc1nccc([C@H]2CCCN(C(=O)CC(C)C)C2)n1. The number of likely N-dealkylation sites (tertiary alicyclic amines) is 1. The van der Waals surface area contributed by atoms with Gasteiger partial charge in [-0.1, -0.05) is 32.0 Å². The van der Waals surface area contributed by atoms with E-state index >= 15 is 0 Å². The standard InChI is InChI=1S/C21H28N4O/c1-15(2)13-20(26)25-12-6-8-17(14-25)19-10-11-22-21(24-19)23-18-9-5-4-7-16(18)3/h4-5,7,9-11,15,17H,6,8,12-14H2,1-3H3,(H,22,23,24)/t17-/m0/s1. The summed E-state index contributed by atoms with van der Waals surface area (Å²) in [7, 11) is 0. The molecule has 2 heterocycles. The van der Waals surface area contributed by atoms with E-state index in [4.69, 9.17) is 4.98 Å². The Balaban J connectivity index is 1.71. The summed E-state index contributed by atoms with van der Waals surface area (Å²) in [5.41, 5.74) is 3.18. The highest BCUT2D eigenvalue weighted by Crippen LogP contribution is 2.27. The fourth-order valence-corrected chi connectivity index (χ4v) is 3.42. The van der Waals surface area contributed by atoms with Crippen LogP contribution in [0.25, 0.3) is 0 Å². The molecular formula is C21H28N4O. The first-order chi connectivity index (χ1) is 12.5. The van der Waals surface area contributed by atoms with E-state index < -0.39 is 0 Å². The molecule has 0 spiro atoms. The number of rotatable bonds is 5. The highest BCUT2D eigenvalue weighted by Gasteiger charge is 2.26. The summed E-state index contributed by atoms with van der Waals surface area (Å²) >= 11 is 0. The van der Waals surface area contributed by atoms with E-state index in [1.54, 1.807) is 6.20 Å². The average Bonchev–Trinajstić information content (AvgIpc) is 2.63. The number of nitrogens with zero attached hydrogens (tertiary/aromatic N) is 3. The summed E-state index contributed by atoms with van der Waals surface area (Å²) in [4.78, 5) is 23.5. The van der Waals surface area contributed by atoms with Crippen LogP contribution in [0, 0.1) is 12.8 Å². The third kappa shape index (κ3) is 4.59. The van der Waals surface area contributed by atoms with E-state index in [0.717, 1.165) is 42.9 Å². The topological polar surface area (TPSA) is 58.1 Å². The molecule has 2 aromatic rings. The van der Waals surface area contributed by atoms with Gasteiger partial charge in [0.2, 0.25) is 11.9 Å². The Kier molecular flexibility index (Phi) is 5.86. The molecule has 1 aliphatic rings. The monoisotopic (exact) mass is 352 g/mol. The van der Waals surface area contributed by atoms with Crippen LogP contribution in [0.5, 0.6) is 0 Å². The first-order valence-corrected chi connectivity index (χ1v) is 9.46. The van der Waals surface area contributed by atoms with Crippen molar-refractivity contribution < 1.29 is 4.79 Å². The number of aryl methyl sites for hydroxylation is 1. The number of anilines is 2. The lowest BCUT2D eigenvalue weighted by Gasteiger charge is -2.33. The number of hydrogen-bond acceptors (Lipinski definition) is 4. The lowest BCUT2D eigenvalue weighted by Crippen LogP contribution is -2.39. The molecule has 0 unspecified atom stereocenters. The third-order valence-corrected chi connectivity index (χ3v) is 4.84. The maximum Gasteiger partial charge on any atom is 0.227 e. The van der Waals surface area contributed by atoms with Crippen molar-refractivity contribution in [1.29, 1.82) is 0 Å². The molecule has 5 nitrogen and oxygen atoms in total. The van der Waals surface area contributed by atoms with Crippen molar-refractivity contribution in [3.8, 4) is 0 Å². The maximum absolute atomic E-state index is 12.4. The highest BCUT2D eigenvalue weighted by atomic mass is 16.2. The van der Waals surface area contributed by atoms with E-state index in [1.165, 1.54) is 0 Å². The van der Waals surface area contributed by atoms with Gasteiger partial charge in [0.1, 0.15) is 0 Å². The highest BCUT2D eigenvalue weighted by molar-refractivity contribution is 5.76. The number of aromatic nitrogens is 2. The Morgan fingerprint density at radius 3 is 2.88 bits per heavy atom. The quantitative estimate of drug-likeness (QED) is 0.872. The van der Waals surface area contributed by atoms with Gasteiger partial charge in [0, 0.05) is 37.3 Å². The molecular weight excluding hydrogens is 324 g/mol. The summed E-state index contributed by atoms with van der Waals surface area (Å²) in [6.45, 7) is 7.86. The van der Waals surface area contributed by atoms with Crippen LogP contribution in [-0.2, 0) is 4.79 Å². The number of para-hydroxylation sites is 1. The fourth-order valence-electron chi connectivity index (χ4n) is 3.42. The second kappa shape index (κ2) is 8.30. The predicted molar refractivity (Wildman–Crippen MR) is 105 cm³/mol. The van der Waals surface area contributed by atoms with Crippen molar-refractivity contribution in [1.82, 2.24) is 14.9 Å². The minimum atomic E-state index is 0.261. The molecule has 1 N–H and O–H groups in total. The number of carbonyl (C=O) groups is 1. The number of nitrogens with one attached hydrogen (secondary N) is 1. The summed E-state index contributed by atoms with van der Waals surface area (Å²) in [6.07, 6.45) is 4.51. The molecule has 0 bridgehead atoms. The number of amides is 1. The van der Waals surface area contributed by atoms with Gasteiger partial charge in [-0.2, -0.15) is 0 Å². The van der Waals surface area contributed by atoms with Crippen molar-refractivity contribution in [2.24, 2.45) is 5.92 Å². The fraction of sp³-hybridized carbons (Fsp3) is 0.476. The van der Waals surface area contributed by atoms with Crippen LogP contribution >= 0.6 is 0 Å². The molecule has 1 fully saturated rings. The van der Waals surface area contributed by atoms with Crippen molar-refractivity contribution in [3.05, 3.63) is 47.8 Å². The Morgan fingerprint density at radius 2 is 2.12 bits per heavy atom. The summed E-state index contributed by atoms with van der Waals surface area (Å²) in [5, 5.41) is 3.31. The number of hydrogen-bond donors (Lipinski definition) is 1. The zero-order chi connectivity index (χ0) is 18.5. The molecule has 26 heavy (non-hydrogen) atoms. The second-order valence-electron chi connectivity index (χ2n) is 7.52. The molecule has 138 valence electrons. The largest absolute Gasteiger partial charge is 0.342 e. The Hall–Kier alpha value is -2.43. The van der Waals surface area contributed by atoms with Crippen molar-refractivity contribution in [2.75, 3.05) is 18.4 Å². The van der Waals surface area contributed by atoms with Gasteiger partial charge >= 0.3 is 0 Å². The van der Waals surface area contributed by atoms with Crippen LogP contribution in [0.2, 0.25) is 0 Å². The Labute approximate surface area is 155 Å². The Morgan fingerprint density at radius 1 is 1.31 bits per heavy atom. The summed E-state index contributed by atoms with van der Waals surface area (Å²) < 4.78 is 0. The van der Waals surface area contributed by atoms with Gasteiger partial charge in [0.05, 0.1) is 5.69 Å². The summed E-state index contributed by atoms with van der Waals surface area (Å²) in [5.74, 6) is 1.55. The molecule has 1 aromatic carbocycles. The molecule has 3 rings (SSSR count). The smallest absolute Gasteiger partial charge is 0.227 e. The minimum absolute atomic E-state index is 0.261. The normalized spacial score (nSPS) is 17.4. The van der Waals surface area contributed by atoms with E-state index in [-0.39, 0.29) is 11.8 Å². The first kappa shape index (κ1) is 18.4. The average molecular weight is 352 g/mol. The number of piperidine rings is 1. The number of benzene rings is 1. The molecule has 0 radical (unpaired) electrons. The van der Waals surface area contributed by atoms with Crippen LogP contribution in [0.1, 0.15) is 50.3 Å². The van der Waals surface area contributed by atoms with Gasteiger partial charge in [-0.15, -0.1) is 0 Å². The van der Waals surface area contributed by atoms with E-state index in [1.807, 2.05) is 29.2 Å². The predicted octanol–water partition coefficient (Wildman–Crippen LogP) is 4.28. The lowest BCUT2D eigenvalue weighted by atomic mass is 9.94. The second-order valence-corrected chi connectivity index (χ2v) is 7.52. The van der Waals surface area contributed by atoms with Crippen LogP contribution in [0.4, 0.5) is 11.6 Å². The summed E-state index contributed by atoms with van der Waals surface area (Å²) in [6, 6.07) is 10.1. The van der Waals surface area contributed by atoms with E-state index in [9.17, 15) is 4.79 Å². The molecule has 1 aromatic heterocycles. The van der Waals surface area contributed by atoms with E-state index in [2.05, 4.69) is 37.1 Å². The van der Waals surface area contributed by atoms with Gasteiger partial charge < -0.3 is 10.2 Å². The van der Waals surface area contributed by atoms with Gasteiger partial charge in [-0.3, -0.25) is 4.79 Å². The molecule has 0 saturated carbocycles. The van der Waals surface area contributed by atoms with Crippen LogP contribution in [0.15, 0.2) is 36.5 Å². The molecule has 5 heteroatoms. The van der Waals surface area contributed by atoms with Crippen molar-refractivity contribution >= 4 is 17.5 Å². The van der Waals surface area contributed by atoms with Gasteiger partial charge in [-0.05, 0) is 43.4 Å². The van der Waals surface area contributed by atoms with Crippen LogP contribution in [0.3, 0.4) is 0 Å². The molecule has 0 aliphatic carbocycles. The first-order valence-electron chi connectivity index (χ1n) is 9.46.